The first-order chi connectivity index (χ1) is 15.3. The van der Waals surface area contributed by atoms with E-state index in [1.54, 1.807) is 12.1 Å². The standard InChI is InChI=1S/C24H26N2O5S/c1-15(27)19(13-16-7-9-18(28)10-8-16)23(32)25-14-22(29)26-20(11-12-21(26)24(30)31)17-5-3-2-4-6-17/h2-10,19-21,28H,11-14H2,1H3,(H,25,32)(H,30,31)/t19?,20?,21-/m0/s1. The minimum absolute atomic E-state index is 0.131. The van der Waals surface area contributed by atoms with Crippen molar-refractivity contribution in [2.45, 2.75) is 38.3 Å². The van der Waals surface area contributed by atoms with Gasteiger partial charge in [-0.2, -0.15) is 0 Å². The lowest BCUT2D eigenvalue weighted by atomic mass is 9.95. The Hall–Kier alpha value is -3.26. The third kappa shape index (κ3) is 5.50. The second-order valence-electron chi connectivity index (χ2n) is 7.91. The fourth-order valence-electron chi connectivity index (χ4n) is 4.07. The molecule has 2 aromatic rings. The van der Waals surface area contributed by atoms with E-state index in [1.807, 2.05) is 30.3 Å². The molecule has 1 saturated heterocycles. The van der Waals surface area contributed by atoms with Crippen LogP contribution in [-0.4, -0.2) is 50.3 Å². The lowest BCUT2D eigenvalue weighted by Crippen LogP contribution is -2.47. The molecular weight excluding hydrogens is 428 g/mol. The molecule has 0 radical (unpaired) electrons. The molecule has 0 aliphatic carbocycles. The number of thiocarbonyl (C=S) groups is 1. The highest BCUT2D eigenvalue weighted by Gasteiger charge is 2.41. The quantitative estimate of drug-likeness (QED) is 0.527. The molecule has 2 aromatic carbocycles. The first-order valence-corrected chi connectivity index (χ1v) is 10.8. The maximum Gasteiger partial charge on any atom is 0.326 e. The van der Waals surface area contributed by atoms with Gasteiger partial charge in [-0.15, -0.1) is 0 Å². The van der Waals surface area contributed by atoms with Gasteiger partial charge in [0.2, 0.25) is 5.91 Å². The predicted octanol–water partition coefficient (Wildman–Crippen LogP) is 2.87. The number of phenolic OH excluding ortho intramolecular Hbond substituents is 1. The second-order valence-corrected chi connectivity index (χ2v) is 8.35. The van der Waals surface area contributed by atoms with Crippen molar-refractivity contribution >= 4 is 34.9 Å². The number of carboxylic acids is 1. The van der Waals surface area contributed by atoms with Crippen LogP contribution in [0.1, 0.15) is 36.9 Å². The Balaban J connectivity index is 1.69. The smallest absolute Gasteiger partial charge is 0.326 e. The van der Waals surface area contributed by atoms with Crippen LogP contribution >= 0.6 is 12.2 Å². The summed E-state index contributed by atoms with van der Waals surface area (Å²) in [5.41, 5.74) is 1.72. The minimum atomic E-state index is -1.03. The van der Waals surface area contributed by atoms with E-state index in [0.29, 0.717) is 19.3 Å². The van der Waals surface area contributed by atoms with E-state index < -0.39 is 17.9 Å². The van der Waals surface area contributed by atoms with Gasteiger partial charge in [0.1, 0.15) is 17.6 Å². The first-order valence-electron chi connectivity index (χ1n) is 10.4. The fourth-order valence-corrected chi connectivity index (χ4v) is 4.39. The number of benzene rings is 2. The number of likely N-dealkylation sites (tertiary alicyclic amines) is 1. The summed E-state index contributed by atoms with van der Waals surface area (Å²) in [5.74, 6) is -2.05. The van der Waals surface area contributed by atoms with Crippen molar-refractivity contribution in [3.8, 4) is 5.75 Å². The number of aromatic hydroxyl groups is 1. The highest BCUT2D eigenvalue weighted by atomic mass is 32.1. The molecule has 0 aromatic heterocycles. The van der Waals surface area contributed by atoms with Crippen LogP contribution in [0.15, 0.2) is 54.6 Å². The lowest BCUT2D eigenvalue weighted by Gasteiger charge is -2.29. The van der Waals surface area contributed by atoms with Crippen LogP contribution in [0, 0.1) is 5.92 Å². The molecule has 32 heavy (non-hydrogen) atoms. The molecular formula is C24H26N2O5S. The molecule has 0 bridgehead atoms. The van der Waals surface area contributed by atoms with Gasteiger partial charge < -0.3 is 20.4 Å². The molecule has 3 rings (SSSR count). The number of aliphatic carboxylic acids is 1. The zero-order valence-electron chi connectivity index (χ0n) is 17.7. The molecule has 1 aliphatic heterocycles. The fraction of sp³-hybridized carbons (Fsp3) is 0.333. The zero-order chi connectivity index (χ0) is 23.3. The topological polar surface area (TPSA) is 107 Å². The zero-order valence-corrected chi connectivity index (χ0v) is 18.5. The van der Waals surface area contributed by atoms with Gasteiger partial charge in [-0.05, 0) is 49.4 Å². The van der Waals surface area contributed by atoms with Crippen molar-refractivity contribution < 1.29 is 24.6 Å². The van der Waals surface area contributed by atoms with E-state index in [0.717, 1.165) is 11.1 Å². The van der Waals surface area contributed by atoms with Crippen molar-refractivity contribution in [1.29, 1.82) is 0 Å². The van der Waals surface area contributed by atoms with Crippen LogP contribution in [-0.2, 0) is 20.8 Å². The summed E-state index contributed by atoms with van der Waals surface area (Å²) in [6.45, 7) is 1.25. The normalized spacial score (nSPS) is 18.7. The summed E-state index contributed by atoms with van der Waals surface area (Å²) in [7, 11) is 0. The lowest BCUT2D eigenvalue weighted by molar-refractivity contribution is -0.149. The molecule has 3 atom stereocenters. The average molecular weight is 455 g/mol. The van der Waals surface area contributed by atoms with Gasteiger partial charge in [0.15, 0.2) is 0 Å². The van der Waals surface area contributed by atoms with E-state index in [9.17, 15) is 24.6 Å². The van der Waals surface area contributed by atoms with Crippen LogP contribution in [0.3, 0.4) is 0 Å². The van der Waals surface area contributed by atoms with Gasteiger partial charge in [-0.3, -0.25) is 9.59 Å². The Kier molecular flexibility index (Phi) is 7.58. The number of nitrogens with one attached hydrogen (secondary N) is 1. The van der Waals surface area contributed by atoms with E-state index in [1.165, 1.54) is 24.0 Å². The third-order valence-corrected chi connectivity index (χ3v) is 6.17. The van der Waals surface area contributed by atoms with Gasteiger partial charge >= 0.3 is 5.97 Å². The van der Waals surface area contributed by atoms with Crippen LogP contribution in [0.5, 0.6) is 5.75 Å². The minimum Gasteiger partial charge on any atom is -0.508 e. The maximum absolute atomic E-state index is 13.1. The number of nitrogens with zero attached hydrogens (tertiary/aromatic N) is 1. The Bertz CT molecular complexity index is 993. The summed E-state index contributed by atoms with van der Waals surface area (Å²) >= 11 is 5.41. The number of hydrogen-bond donors (Lipinski definition) is 3. The molecule has 8 heteroatoms. The Labute approximate surface area is 192 Å². The molecule has 3 N–H and O–H groups in total. The monoisotopic (exact) mass is 454 g/mol. The molecule has 0 spiro atoms. The van der Waals surface area contributed by atoms with E-state index >= 15 is 0 Å². The van der Waals surface area contributed by atoms with Crippen LogP contribution < -0.4 is 5.32 Å². The Morgan fingerprint density at radius 1 is 1.09 bits per heavy atom. The summed E-state index contributed by atoms with van der Waals surface area (Å²) in [5, 5.41) is 21.9. The number of phenols is 1. The van der Waals surface area contributed by atoms with Crippen molar-refractivity contribution in [3.05, 3.63) is 65.7 Å². The van der Waals surface area contributed by atoms with Gasteiger partial charge in [-0.1, -0.05) is 54.7 Å². The number of hydrogen-bond acceptors (Lipinski definition) is 5. The van der Waals surface area contributed by atoms with Crippen LogP contribution in [0.4, 0.5) is 0 Å². The van der Waals surface area contributed by atoms with Gasteiger partial charge in [0.05, 0.1) is 23.5 Å². The molecule has 7 nitrogen and oxygen atoms in total. The average Bonchev–Trinajstić information content (AvgIpc) is 3.23. The number of ketones is 1. The number of carbonyl (C=O) groups is 3. The molecule has 1 heterocycles. The highest BCUT2D eigenvalue weighted by Crippen LogP contribution is 2.36. The number of carbonyl (C=O) groups excluding carboxylic acids is 2. The first kappa shape index (κ1) is 23.4. The van der Waals surface area contributed by atoms with E-state index in [4.69, 9.17) is 12.2 Å². The van der Waals surface area contributed by atoms with Crippen molar-refractivity contribution in [2.75, 3.05) is 6.54 Å². The molecule has 168 valence electrons. The summed E-state index contributed by atoms with van der Waals surface area (Å²) in [6.07, 6.45) is 1.28. The summed E-state index contributed by atoms with van der Waals surface area (Å²) in [6, 6.07) is 14.6. The van der Waals surface area contributed by atoms with Gasteiger partial charge in [0, 0.05) is 0 Å². The number of Topliss-reactive ketones (excluding diaryl/α,β-unsaturated/α-hetero) is 1. The number of amides is 1. The van der Waals surface area contributed by atoms with Crippen molar-refractivity contribution in [3.63, 3.8) is 0 Å². The summed E-state index contributed by atoms with van der Waals surface area (Å²) in [4.78, 5) is 38.7. The molecule has 1 amide bonds. The van der Waals surface area contributed by atoms with E-state index in [2.05, 4.69) is 5.32 Å². The largest absolute Gasteiger partial charge is 0.508 e. The molecule has 0 saturated carbocycles. The number of carboxylic acid groups (broad SMARTS) is 1. The second kappa shape index (κ2) is 10.4. The Morgan fingerprint density at radius 3 is 2.34 bits per heavy atom. The highest BCUT2D eigenvalue weighted by molar-refractivity contribution is 7.80. The Morgan fingerprint density at radius 2 is 1.75 bits per heavy atom. The molecule has 1 aliphatic rings. The van der Waals surface area contributed by atoms with Gasteiger partial charge in [0.25, 0.3) is 0 Å². The molecule has 2 unspecified atom stereocenters. The van der Waals surface area contributed by atoms with Crippen molar-refractivity contribution in [2.24, 2.45) is 5.92 Å². The molecule has 1 fully saturated rings. The third-order valence-electron chi connectivity index (χ3n) is 5.74. The van der Waals surface area contributed by atoms with Crippen molar-refractivity contribution in [1.82, 2.24) is 10.2 Å². The maximum atomic E-state index is 13.1. The van der Waals surface area contributed by atoms with Gasteiger partial charge in [-0.25, -0.2) is 4.79 Å². The summed E-state index contributed by atoms with van der Waals surface area (Å²) < 4.78 is 0. The van der Waals surface area contributed by atoms with Crippen LogP contribution in [0.2, 0.25) is 0 Å². The van der Waals surface area contributed by atoms with E-state index in [-0.39, 0.29) is 35.0 Å². The predicted molar refractivity (Wildman–Crippen MR) is 123 cm³/mol. The SMILES string of the molecule is CC(=O)C(Cc1ccc(O)cc1)C(=S)NCC(=O)N1C(c2ccccc2)CC[C@H]1C(=O)O. The number of rotatable bonds is 8. The van der Waals surface area contributed by atoms with Crippen LogP contribution in [0.25, 0.3) is 0 Å².